The minimum atomic E-state index is -3.91. The smallest absolute Gasteiger partial charge is 0.283 e. The Morgan fingerprint density at radius 1 is 0.788 bits per heavy atom. The third kappa shape index (κ3) is 5.46. The predicted octanol–water partition coefficient (Wildman–Crippen LogP) is 2.45. The number of aryl methyl sites for hydroxylation is 2. The molecule has 8 nitrogen and oxygen atoms in total. The molecule has 0 bridgehead atoms. The molecule has 2 aliphatic heterocycles. The van der Waals surface area contributed by atoms with Gasteiger partial charge in [-0.1, -0.05) is 35.4 Å². The summed E-state index contributed by atoms with van der Waals surface area (Å²) in [5.74, 6) is 0.388. The number of sulfonamides is 2. The van der Waals surface area contributed by atoms with Crippen LogP contribution in [0.15, 0.2) is 62.7 Å². The van der Waals surface area contributed by atoms with E-state index in [0.717, 1.165) is 37.1 Å². The van der Waals surface area contributed by atoms with Crippen molar-refractivity contribution < 1.29 is 16.8 Å². The fourth-order valence-corrected chi connectivity index (χ4v) is 6.49. The highest BCUT2D eigenvalue weighted by Gasteiger charge is 2.34. The van der Waals surface area contributed by atoms with Gasteiger partial charge in [0.2, 0.25) is 10.0 Å². The van der Waals surface area contributed by atoms with Crippen LogP contribution < -0.4 is 0 Å². The van der Waals surface area contributed by atoms with Gasteiger partial charge < -0.3 is 4.90 Å². The van der Waals surface area contributed by atoms with Crippen molar-refractivity contribution in [3.63, 3.8) is 0 Å². The minimum absolute atomic E-state index is 0.0757. The molecule has 2 saturated heterocycles. The van der Waals surface area contributed by atoms with E-state index in [1.54, 1.807) is 53.4 Å². The van der Waals surface area contributed by atoms with Crippen molar-refractivity contribution in [1.29, 1.82) is 0 Å². The molecular weight excluding hydrogens is 460 g/mol. The Hall–Kier alpha value is -2.27. The van der Waals surface area contributed by atoms with E-state index in [0.29, 0.717) is 18.9 Å². The van der Waals surface area contributed by atoms with E-state index in [4.69, 9.17) is 0 Å². The molecule has 0 atom stereocenters. The van der Waals surface area contributed by atoms with Crippen molar-refractivity contribution in [2.24, 2.45) is 4.40 Å². The van der Waals surface area contributed by atoms with Gasteiger partial charge in [-0.25, -0.2) is 8.42 Å². The topological polar surface area (TPSA) is 90.4 Å². The van der Waals surface area contributed by atoms with Gasteiger partial charge in [-0.3, -0.25) is 4.90 Å². The molecule has 0 unspecified atom stereocenters. The number of nitrogens with zero attached hydrogens (tertiary/aromatic N) is 4. The molecule has 10 heteroatoms. The second kappa shape index (κ2) is 9.54. The van der Waals surface area contributed by atoms with Gasteiger partial charge in [0, 0.05) is 13.1 Å². The van der Waals surface area contributed by atoms with E-state index in [9.17, 15) is 16.8 Å². The summed E-state index contributed by atoms with van der Waals surface area (Å²) in [5, 5.41) is 0. The normalized spacial score (nSPS) is 18.8. The highest BCUT2D eigenvalue weighted by atomic mass is 32.2. The lowest BCUT2D eigenvalue weighted by Crippen LogP contribution is -2.40. The van der Waals surface area contributed by atoms with Crippen LogP contribution in [-0.2, 0) is 20.0 Å². The zero-order valence-corrected chi connectivity index (χ0v) is 20.6. The van der Waals surface area contributed by atoms with Crippen molar-refractivity contribution in [3.8, 4) is 0 Å². The van der Waals surface area contributed by atoms with Gasteiger partial charge in [0.25, 0.3) is 10.0 Å². The molecule has 0 N–H and O–H groups in total. The van der Waals surface area contributed by atoms with E-state index < -0.39 is 20.0 Å². The Balaban J connectivity index is 1.60. The molecule has 2 aromatic carbocycles. The van der Waals surface area contributed by atoms with Crippen molar-refractivity contribution in [3.05, 3.63) is 59.7 Å². The highest BCUT2D eigenvalue weighted by Crippen LogP contribution is 2.22. The Labute approximate surface area is 196 Å². The third-order valence-electron chi connectivity index (χ3n) is 6.08. The van der Waals surface area contributed by atoms with Gasteiger partial charge in [-0.2, -0.15) is 12.7 Å². The summed E-state index contributed by atoms with van der Waals surface area (Å²) in [6.07, 6.45) is 2.12. The van der Waals surface area contributed by atoms with E-state index in [1.165, 1.54) is 4.31 Å². The monoisotopic (exact) mass is 490 g/mol. The molecule has 0 aliphatic carbocycles. The van der Waals surface area contributed by atoms with E-state index in [2.05, 4.69) is 9.30 Å². The van der Waals surface area contributed by atoms with Gasteiger partial charge in [0.1, 0.15) is 5.84 Å². The lowest BCUT2D eigenvalue weighted by atomic mass is 10.2. The van der Waals surface area contributed by atoms with Gasteiger partial charge in [0.15, 0.2) is 0 Å². The number of benzene rings is 2. The molecule has 0 saturated carbocycles. The summed E-state index contributed by atoms with van der Waals surface area (Å²) < 4.78 is 57.9. The van der Waals surface area contributed by atoms with Crippen LogP contribution in [0, 0.1) is 13.8 Å². The van der Waals surface area contributed by atoms with Crippen molar-refractivity contribution in [1.82, 2.24) is 14.1 Å². The first-order chi connectivity index (χ1) is 15.6. The molecule has 2 aliphatic rings. The second-order valence-electron chi connectivity index (χ2n) is 8.68. The van der Waals surface area contributed by atoms with Crippen molar-refractivity contribution in [2.75, 3.05) is 39.4 Å². The first-order valence-electron chi connectivity index (χ1n) is 11.1. The molecule has 0 radical (unpaired) electrons. The van der Waals surface area contributed by atoms with Gasteiger partial charge in [-0.05, 0) is 64.0 Å². The molecule has 0 aromatic heterocycles. The Morgan fingerprint density at radius 2 is 1.33 bits per heavy atom. The first kappa shape index (κ1) is 23.9. The lowest BCUT2D eigenvalue weighted by Gasteiger charge is -2.25. The van der Waals surface area contributed by atoms with Crippen LogP contribution >= 0.6 is 0 Å². The Morgan fingerprint density at radius 3 is 1.91 bits per heavy atom. The Bertz CT molecular complexity index is 1220. The molecule has 4 rings (SSSR count). The zero-order chi connectivity index (χ0) is 23.6. The maximum atomic E-state index is 13.1. The SMILES string of the molecule is Cc1ccc(S(=O)(=O)N=C(CN2CCCC2)N2CCN(S(=O)(=O)c3ccc(C)cc3)C2)cc1. The fourth-order valence-electron chi connectivity index (χ4n) is 4.06. The van der Waals surface area contributed by atoms with Crippen LogP contribution in [0.4, 0.5) is 0 Å². The van der Waals surface area contributed by atoms with Gasteiger partial charge in [0.05, 0.1) is 23.0 Å². The molecular formula is C23H30N4O4S2. The molecule has 2 fully saturated rings. The average Bonchev–Trinajstić information content (AvgIpc) is 3.46. The van der Waals surface area contributed by atoms with Crippen molar-refractivity contribution >= 4 is 25.9 Å². The summed E-state index contributed by atoms with van der Waals surface area (Å²) in [4.78, 5) is 4.31. The molecule has 0 amide bonds. The number of hydrogen-bond acceptors (Lipinski definition) is 5. The van der Waals surface area contributed by atoms with E-state index in [-0.39, 0.29) is 23.0 Å². The quantitative estimate of drug-likeness (QED) is 0.456. The standard InChI is InChI=1S/C23H30N4O4S2/c1-19-5-9-21(10-6-19)32(28,29)24-23(17-25-13-3-4-14-25)26-15-16-27(18-26)33(30,31)22-11-7-20(2)8-12-22/h5-12H,3-4,13-18H2,1-2H3. The summed E-state index contributed by atoms with van der Waals surface area (Å²) in [6, 6.07) is 13.4. The van der Waals surface area contributed by atoms with Crippen LogP contribution in [-0.4, -0.2) is 76.2 Å². The van der Waals surface area contributed by atoms with Crippen LogP contribution in [0.5, 0.6) is 0 Å². The van der Waals surface area contributed by atoms with Crippen LogP contribution in [0.25, 0.3) is 0 Å². The maximum absolute atomic E-state index is 13.1. The molecule has 0 spiro atoms. The number of amidine groups is 1. The summed E-state index contributed by atoms with van der Waals surface area (Å²) in [5.41, 5.74) is 1.95. The molecule has 178 valence electrons. The van der Waals surface area contributed by atoms with Gasteiger partial charge in [-0.15, -0.1) is 4.40 Å². The summed E-state index contributed by atoms with van der Waals surface area (Å²) in [7, 11) is -7.59. The number of likely N-dealkylation sites (tertiary alicyclic amines) is 1. The predicted molar refractivity (Wildman–Crippen MR) is 128 cm³/mol. The average molecular weight is 491 g/mol. The third-order valence-corrected chi connectivity index (χ3v) is 9.24. The molecule has 2 aromatic rings. The van der Waals surface area contributed by atoms with Crippen molar-refractivity contribution in [2.45, 2.75) is 36.5 Å². The highest BCUT2D eigenvalue weighted by molar-refractivity contribution is 7.90. The largest absolute Gasteiger partial charge is 0.343 e. The minimum Gasteiger partial charge on any atom is -0.343 e. The zero-order valence-electron chi connectivity index (χ0n) is 19.0. The number of rotatable bonds is 6. The summed E-state index contributed by atoms with van der Waals surface area (Å²) >= 11 is 0. The van der Waals surface area contributed by atoms with Gasteiger partial charge >= 0.3 is 0 Å². The first-order valence-corrected chi connectivity index (χ1v) is 14.0. The summed E-state index contributed by atoms with van der Waals surface area (Å²) in [6.45, 7) is 6.68. The fraction of sp³-hybridized carbons (Fsp3) is 0.435. The van der Waals surface area contributed by atoms with Crippen LogP contribution in [0.1, 0.15) is 24.0 Å². The van der Waals surface area contributed by atoms with E-state index >= 15 is 0 Å². The lowest BCUT2D eigenvalue weighted by molar-refractivity contribution is 0.356. The Kier molecular flexibility index (Phi) is 6.90. The number of hydrogen-bond donors (Lipinski definition) is 0. The second-order valence-corrected chi connectivity index (χ2v) is 12.2. The molecule has 33 heavy (non-hydrogen) atoms. The molecule has 2 heterocycles. The van der Waals surface area contributed by atoms with Crippen LogP contribution in [0.3, 0.4) is 0 Å². The van der Waals surface area contributed by atoms with E-state index in [1.807, 2.05) is 13.8 Å². The maximum Gasteiger partial charge on any atom is 0.283 e. The van der Waals surface area contributed by atoms with Crippen LogP contribution in [0.2, 0.25) is 0 Å².